The lowest BCUT2D eigenvalue weighted by atomic mass is 9.99. The number of nitrogens with zero attached hydrogens (tertiary/aromatic N) is 1. The van der Waals surface area contributed by atoms with Gasteiger partial charge < -0.3 is 10.1 Å². The number of hydrogen-bond donors (Lipinski definition) is 1. The first-order valence-corrected chi connectivity index (χ1v) is 8.57. The molecule has 0 bridgehead atoms. The average Bonchev–Trinajstić information content (AvgIpc) is 2.60. The maximum Gasteiger partial charge on any atom is 0.252 e. The fraction of sp³-hybridized carbons (Fsp3) is 0.182. The van der Waals surface area contributed by atoms with Gasteiger partial charge in [0.25, 0.3) is 5.91 Å². The van der Waals surface area contributed by atoms with Crippen molar-refractivity contribution in [2.24, 2.45) is 0 Å². The Labute approximate surface area is 153 Å². The molecule has 0 saturated carbocycles. The van der Waals surface area contributed by atoms with Crippen LogP contribution in [-0.4, -0.2) is 10.9 Å². The lowest BCUT2D eigenvalue weighted by Gasteiger charge is -2.12. The van der Waals surface area contributed by atoms with Crippen LogP contribution in [0.4, 0.5) is 0 Å². The number of ether oxygens (including phenoxy) is 1. The van der Waals surface area contributed by atoms with Crippen LogP contribution in [0, 0.1) is 20.8 Å². The summed E-state index contributed by atoms with van der Waals surface area (Å²) < 4.78 is 5.74. The molecule has 0 aliphatic rings. The molecule has 3 rings (SSSR count). The van der Waals surface area contributed by atoms with E-state index in [4.69, 9.17) is 4.74 Å². The maximum atomic E-state index is 12.6. The second-order valence-electron chi connectivity index (χ2n) is 6.37. The van der Waals surface area contributed by atoms with Gasteiger partial charge in [0.05, 0.1) is 0 Å². The molecule has 132 valence electrons. The van der Waals surface area contributed by atoms with Crippen molar-refractivity contribution in [1.29, 1.82) is 0 Å². The van der Waals surface area contributed by atoms with E-state index in [0.29, 0.717) is 18.2 Å². The van der Waals surface area contributed by atoms with E-state index in [2.05, 4.69) is 10.3 Å². The summed E-state index contributed by atoms with van der Waals surface area (Å²) in [5, 5.41) is 3.00. The minimum Gasteiger partial charge on any atom is -0.439 e. The first kappa shape index (κ1) is 17.7. The highest BCUT2D eigenvalue weighted by Crippen LogP contribution is 2.20. The normalized spacial score (nSPS) is 10.4. The Bertz CT molecular complexity index is 897. The monoisotopic (exact) mass is 346 g/mol. The van der Waals surface area contributed by atoms with Gasteiger partial charge in [-0.2, -0.15) is 0 Å². The largest absolute Gasteiger partial charge is 0.439 e. The van der Waals surface area contributed by atoms with Crippen molar-refractivity contribution in [3.8, 4) is 11.6 Å². The predicted molar refractivity (Wildman–Crippen MR) is 103 cm³/mol. The number of aryl methyl sites for hydroxylation is 3. The van der Waals surface area contributed by atoms with Crippen molar-refractivity contribution in [2.45, 2.75) is 27.3 Å². The fourth-order valence-corrected chi connectivity index (χ4v) is 3.06. The van der Waals surface area contributed by atoms with E-state index in [1.807, 2.05) is 69.3 Å². The Kier molecular flexibility index (Phi) is 5.32. The Balaban J connectivity index is 1.68. The summed E-state index contributed by atoms with van der Waals surface area (Å²) in [6.45, 7) is 6.41. The van der Waals surface area contributed by atoms with Crippen molar-refractivity contribution in [2.75, 3.05) is 0 Å². The number of hydrogen-bond acceptors (Lipinski definition) is 3. The predicted octanol–water partition coefficient (Wildman–Crippen LogP) is 4.73. The lowest BCUT2D eigenvalue weighted by Crippen LogP contribution is -2.24. The third-order valence-electron chi connectivity index (χ3n) is 4.12. The molecule has 0 atom stereocenters. The minimum atomic E-state index is -0.0592. The molecular weight excluding hydrogens is 324 g/mol. The molecular formula is C22H22N2O2. The number of aromatic nitrogens is 1. The second kappa shape index (κ2) is 7.83. The Morgan fingerprint density at radius 2 is 1.77 bits per heavy atom. The number of rotatable bonds is 5. The summed E-state index contributed by atoms with van der Waals surface area (Å²) in [6, 6.07) is 17.2. The van der Waals surface area contributed by atoms with Gasteiger partial charge in [-0.1, -0.05) is 35.9 Å². The van der Waals surface area contributed by atoms with Crippen LogP contribution in [0.5, 0.6) is 11.6 Å². The van der Waals surface area contributed by atoms with Crippen molar-refractivity contribution >= 4 is 5.91 Å². The number of pyridine rings is 1. The van der Waals surface area contributed by atoms with Crippen LogP contribution in [0.1, 0.15) is 32.6 Å². The first-order chi connectivity index (χ1) is 12.5. The van der Waals surface area contributed by atoms with E-state index in [1.165, 1.54) is 0 Å². The smallest absolute Gasteiger partial charge is 0.252 e. The molecule has 0 fully saturated rings. The van der Waals surface area contributed by atoms with Crippen LogP contribution >= 0.6 is 0 Å². The van der Waals surface area contributed by atoms with Crippen LogP contribution < -0.4 is 10.1 Å². The molecule has 1 amide bonds. The maximum absolute atomic E-state index is 12.6. The zero-order chi connectivity index (χ0) is 18.5. The van der Waals surface area contributed by atoms with Crippen LogP contribution in [0.25, 0.3) is 0 Å². The van der Waals surface area contributed by atoms with Gasteiger partial charge in [0.1, 0.15) is 5.75 Å². The zero-order valence-corrected chi connectivity index (χ0v) is 15.2. The number of carbonyl (C=O) groups excluding carboxylic acids is 1. The summed E-state index contributed by atoms with van der Waals surface area (Å²) >= 11 is 0. The molecule has 4 nitrogen and oxygen atoms in total. The highest BCUT2D eigenvalue weighted by molar-refractivity contribution is 5.97. The number of carbonyl (C=O) groups is 1. The van der Waals surface area contributed by atoms with Crippen molar-refractivity contribution in [3.05, 3.63) is 88.6 Å². The second-order valence-corrected chi connectivity index (χ2v) is 6.37. The van der Waals surface area contributed by atoms with E-state index < -0.39 is 0 Å². The molecule has 0 aliphatic heterocycles. The standard InChI is InChI=1S/C22H22N2O2/c1-15-11-16(2)21(17(3)12-15)22(25)24-14-18-7-6-8-19(13-18)26-20-9-4-5-10-23-20/h4-13H,14H2,1-3H3,(H,24,25). The molecule has 2 aromatic carbocycles. The summed E-state index contributed by atoms with van der Waals surface area (Å²) in [6.07, 6.45) is 1.69. The van der Waals surface area contributed by atoms with E-state index in [1.54, 1.807) is 12.3 Å². The molecule has 0 unspecified atom stereocenters. The molecule has 0 radical (unpaired) electrons. The topological polar surface area (TPSA) is 51.2 Å². The molecule has 0 aliphatic carbocycles. The van der Waals surface area contributed by atoms with Crippen LogP contribution in [0.15, 0.2) is 60.8 Å². The average molecular weight is 346 g/mol. The lowest BCUT2D eigenvalue weighted by molar-refractivity contribution is 0.0949. The van der Waals surface area contributed by atoms with Gasteiger partial charge >= 0.3 is 0 Å². The van der Waals surface area contributed by atoms with Crippen LogP contribution in [0.3, 0.4) is 0 Å². The first-order valence-electron chi connectivity index (χ1n) is 8.57. The van der Waals surface area contributed by atoms with Crippen molar-refractivity contribution < 1.29 is 9.53 Å². The van der Waals surface area contributed by atoms with Gasteiger partial charge in [-0.05, 0) is 55.7 Å². The number of amides is 1. The van der Waals surface area contributed by atoms with Gasteiger partial charge in [0, 0.05) is 24.4 Å². The molecule has 4 heteroatoms. The summed E-state index contributed by atoms with van der Waals surface area (Å²) in [7, 11) is 0. The fourth-order valence-electron chi connectivity index (χ4n) is 3.06. The number of benzene rings is 2. The quantitative estimate of drug-likeness (QED) is 0.727. The third-order valence-corrected chi connectivity index (χ3v) is 4.12. The van der Waals surface area contributed by atoms with Crippen molar-refractivity contribution in [3.63, 3.8) is 0 Å². The Morgan fingerprint density at radius 1 is 1.00 bits per heavy atom. The van der Waals surface area contributed by atoms with E-state index >= 15 is 0 Å². The molecule has 26 heavy (non-hydrogen) atoms. The summed E-state index contributed by atoms with van der Waals surface area (Å²) in [5.41, 5.74) is 4.86. The molecule has 0 saturated heterocycles. The Hall–Kier alpha value is -3.14. The highest BCUT2D eigenvalue weighted by atomic mass is 16.5. The zero-order valence-electron chi connectivity index (χ0n) is 15.2. The highest BCUT2D eigenvalue weighted by Gasteiger charge is 2.12. The van der Waals surface area contributed by atoms with Gasteiger partial charge in [-0.15, -0.1) is 0 Å². The Morgan fingerprint density at radius 3 is 2.46 bits per heavy atom. The molecule has 0 spiro atoms. The van der Waals surface area contributed by atoms with Gasteiger partial charge in [0.15, 0.2) is 0 Å². The van der Waals surface area contributed by atoms with Crippen LogP contribution in [-0.2, 0) is 6.54 Å². The van der Waals surface area contributed by atoms with E-state index in [9.17, 15) is 4.79 Å². The van der Waals surface area contributed by atoms with Gasteiger partial charge in [-0.3, -0.25) is 4.79 Å². The number of nitrogens with one attached hydrogen (secondary N) is 1. The van der Waals surface area contributed by atoms with E-state index in [-0.39, 0.29) is 5.91 Å². The minimum absolute atomic E-state index is 0.0592. The molecule has 3 aromatic rings. The molecule has 1 heterocycles. The van der Waals surface area contributed by atoms with Crippen molar-refractivity contribution in [1.82, 2.24) is 10.3 Å². The van der Waals surface area contributed by atoms with Gasteiger partial charge in [-0.25, -0.2) is 4.98 Å². The molecule has 1 N–H and O–H groups in total. The summed E-state index contributed by atoms with van der Waals surface area (Å²) in [4.78, 5) is 16.7. The van der Waals surface area contributed by atoms with Gasteiger partial charge in [0.2, 0.25) is 5.88 Å². The van der Waals surface area contributed by atoms with Crippen LogP contribution in [0.2, 0.25) is 0 Å². The SMILES string of the molecule is Cc1cc(C)c(C(=O)NCc2cccc(Oc3ccccn3)c2)c(C)c1. The molecule has 1 aromatic heterocycles. The van der Waals surface area contributed by atoms with E-state index in [0.717, 1.165) is 27.8 Å². The summed E-state index contributed by atoms with van der Waals surface area (Å²) in [5.74, 6) is 1.17. The third kappa shape index (κ3) is 4.28.